The minimum atomic E-state index is -1.08. The number of benzene rings is 1. The minimum Gasteiger partial charge on any atom is -0.535 e. The second kappa shape index (κ2) is 7.74. The van der Waals surface area contributed by atoms with E-state index in [-0.39, 0.29) is 23.8 Å². The van der Waals surface area contributed by atoms with Crippen LogP contribution in [0.2, 0.25) is 5.82 Å². The number of nitrogens with zero attached hydrogens (tertiary/aromatic N) is 2. The van der Waals surface area contributed by atoms with Crippen LogP contribution in [0.25, 0.3) is 0 Å². The van der Waals surface area contributed by atoms with Crippen LogP contribution in [0.5, 0.6) is 5.75 Å². The van der Waals surface area contributed by atoms with Gasteiger partial charge in [0.05, 0.1) is 11.1 Å². The predicted octanol–water partition coefficient (Wildman–Crippen LogP) is 1.66. The van der Waals surface area contributed by atoms with Crippen molar-refractivity contribution in [1.82, 2.24) is 9.80 Å². The molecule has 1 atom stereocenters. The van der Waals surface area contributed by atoms with E-state index in [1.165, 1.54) is 6.92 Å². The Labute approximate surface area is 161 Å². The van der Waals surface area contributed by atoms with Crippen LogP contribution < -0.4 is 4.65 Å². The number of ketones is 2. The molecular weight excluding hydrogens is 343 g/mol. The summed E-state index contributed by atoms with van der Waals surface area (Å²) in [5, 5.41) is 10.5. The maximum Gasteiger partial charge on any atom is 0.526 e. The van der Waals surface area contributed by atoms with E-state index in [9.17, 15) is 14.6 Å². The lowest BCUT2D eigenvalue weighted by atomic mass is 9.62. The highest BCUT2D eigenvalue weighted by atomic mass is 16.5. The van der Waals surface area contributed by atoms with Crippen molar-refractivity contribution in [2.75, 3.05) is 34.2 Å². The monoisotopic (exact) mass is 372 g/mol. The molecule has 1 saturated heterocycles. The highest BCUT2D eigenvalue weighted by Gasteiger charge is 2.46. The lowest BCUT2D eigenvalue weighted by Crippen LogP contribution is -2.57. The van der Waals surface area contributed by atoms with Gasteiger partial charge in [0.15, 0.2) is 11.6 Å². The number of fused-ring (bicyclic) bond motifs is 1. The maximum atomic E-state index is 13.3. The molecule has 2 aliphatic heterocycles. The zero-order chi connectivity index (χ0) is 19.8. The number of Topliss-reactive ketones (excluding diaryl/α,β-unsaturated/α-hetero) is 2. The lowest BCUT2D eigenvalue weighted by Gasteiger charge is -2.45. The largest absolute Gasteiger partial charge is 0.535 e. The third-order valence-electron chi connectivity index (χ3n) is 6.24. The third kappa shape index (κ3) is 3.81. The summed E-state index contributed by atoms with van der Waals surface area (Å²) >= 11 is 0. The number of hydrogen-bond acceptors (Lipinski definition) is 6. The molecule has 2 aliphatic rings. The molecule has 0 aromatic heterocycles. The maximum absolute atomic E-state index is 13.3. The van der Waals surface area contributed by atoms with E-state index in [2.05, 4.69) is 11.9 Å². The summed E-state index contributed by atoms with van der Waals surface area (Å²) in [6.45, 7) is 3.26. The highest BCUT2D eigenvalue weighted by Crippen LogP contribution is 2.38. The molecule has 1 aromatic carbocycles. The highest BCUT2D eigenvalue weighted by molar-refractivity contribution is 6.47. The van der Waals surface area contributed by atoms with Crippen LogP contribution in [0.15, 0.2) is 18.2 Å². The summed E-state index contributed by atoms with van der Waals surface area (Å²) < 4.78 is 5.70. The number of rotatable bonds is 5. The van der Waals surface area contributed by atoms with Crippen LogP contribution in [0.1, 0.15) is 42.1 Å². The van der Waals surface area contributed by atoms with Gasteiger partial charge in [-0.3, -0.25) is 14.5 Å². The fourth-order valence-corrected chi connectivity index (χ4v) is 4.33. The molecule has 0 saturated carbocycles. The number of hydrogen-bond donors (Lipinski definition) is 1. The van der Waals surface area contributed by atoms with Crippen LogP contribution in [0.4, 0.5) is 0 Å². The first-order valence-electron chi connectivity index (χ1n) is 9.61. The number of para-hydroxylation sites is 1. The van der Waals surface area contributed by atoms with Crippen molar-refractivity contribution in [2.45, 2.75) is 44.0 Å². The van der Waals surface area contributed by atoms with Crippen molar-refractivity contribution in [3.8, 4) is 5.75 Å². The number of likely N-dealkylation sites (N-methyl/N-ethyl adjacent to an activating group) is 1. The van der Waals surface area contributed by atoms with E-state index in [4.69, 9.17) is 4.65 Å². The average Bonchev–Trinajstić information content (AvgIpc) is 2.62. The number of piperidine rings is 1. The van der Waals surface area contributed by atoms with E-state index in [1.54, 1.807) is 6.07 Å². The normalized spacial score (nSPS) is 22.3. The van der Waals surface area contributed by atoms with Gasteiger partial charge in [0.25, 0.3) is 0 Å². The molecule has 0 spiro atoms. The zero-order valence-corrected chi connectivity index (χ0v) is 16.7. The number of carbonyl (C=O) groups is 2. The standard InChI is InChI=1S/C20H29BN2O4/c1-14(24)17-7-5-6-15-12-16(21(26)27-19(15)17)13-18(25)20(22(2)3)8-10-23(4)11-9-20/h5-7,16,26H,8-13H2,1-4H3/t16-/m1/s1. The van der Waals surface area contributed by atoms with Crippen LogP contribution in [0.3, 0.4) is 0 Å². The molecule has 0 radical (unpaired) electrons. The van der Waals surface area contributed by atoms with Crippen molar-refractivity contribution in [1.29, 1.82) is 0 Å². The summed E-state index contributed by atoms with van der Waals surface area (Å²) in [5.74, 6) is 0.234. The van der Waals surface area contributed by atoms with E-state index < -0.39 is 12.7 Å². The fraction of sp³-hybridized carbons (Fsp3) is 0.600. The Bertz CT molecular complexity index is 729. The SMILES string of the molecule is CC(=O)c1cccc2c1OB(O)[C@@H](CC(=O)C1(N(C)C)CCN(C)CC1)C2. The van der Waals surface area contributed by atoms with Gasteiger partial charge in [0.1, 0.15) is 5.75 Å². The molecule has 3 rings (SSSR count). The van der Waals surface area contributed by atoms with Gasteiger partial charge in [-0.1, -0.05) is 12.1 Å². The Kier molecular flexibility index (Phi) is 5.75. The first-order valence-corrected chi connectivity index (χ1v) is 9.61. The quantitative estimate of drug-likeness (QED) is 0.626. The second-order valence-electron chi connectivity index (χ2n) is 8.18. The van der Waals surface area contributed by atoms with Crippen molar-refractivity contribution in [2.24, 2.45) is 0 Å². The van der Waals surface area contributed by atoms with Crippen molar-refractivity contribution in [3.05, 3.63) is 29.3 Å². The molecule has 7 heteroatoms. The van der Waals surface area contributed by atoms with Gasteiger partial charge < -0.3 is 14.6 Å². The third-order valence-corrected chi connectivity index (χ3v) is 6.24. The first kappa shape index (κ1) is 20.0. The molecule has 2 heterocycles. The minimum absolute atomic E-state index is 0.0912. The zero-order valence-electron chi connectivity index (χ0n) is 16.7. The molecule has 146 valence electrons. The number of likely N-dealkylation sites (tertiary alicyclic amines) is 1. The molecule has 0 amide bonds. The summed E-state index contributed by atoms with van der Waals surface area (Å²) in [5.41, 5.74) is 0.887. The van der Waals surface area contributed by atoms with Crippen LogP contribution in [-0.2, 0) is 11.2 Å². The Morgan fingerprint density at radius 1 is 1.33 bits per heavy atom. The Morgan fingerprint density at radius 2 is 2.00 bits per heavy atom. The van der Waals surface area contributed by atoms with Crippen LogP contribution in [-0.4, -0.2) is 73.3 Å². The molecule has 6 nitrogen and oxygen atoms in total. The molecule has 0 unspecified atom stereocenters. The predicted molar refractivity (Wildman–Crippen MR) is 105 cm³/mol. The van der Waals surface area contributed by atoms with Gasteiger partial charge in [0, 0.05) is 25.3 Å². The van der Waals surface area contributed by atoms with Gasteiger partial charge in [0.2, 0.25) is 0 Å². The Balaban J connectivity index is 1.79. The molecule has 0 aliphatic carbocycles. The Hall–Kier alpha value is -1.70. The summed E-state index contributed by atoms with van der Waals surface area (Å²) in [6.07, 6.45) is 2.40. The Morgan fingerprint density at radius 3 is 2.59 bits per heavy atom. The van der Waals surface area contributed by atoms with E-state index in [0.29, 0.717) is 17.7 Å². The van der Waals surface area contributed by atoms with Gasteiger partial charge in [-0.25, -0.2) is 0 Å². The van der Waals surface area contributed by atoms with Crippen molar-refractivity contribution in [3.63, 3.8) is 0 Å². The van der Waals surface area contributed by atoms with E-state index >= 15 is 0 Å². The van der Waals surface area contributed by atoms with Crippen LogP contribution >= 0.6 is 0 Å². The smallest absolute Gasteiger partial charge is 0.526 e. The molecular formula is C20H29BN2O4. The summed E-state index contributed by atoms with van der Waals surface area (Å²) in [6, 6.07) is 5.44. The summed E-state index contributed by atoms with van der Waals surface area (Å²) in [7, 11) is 4.93. The molecule has 1 aromatic rings. The van der Waals surface area contributed by atoms with E-state index in [0.717, 1.165) is 31.5 Å². The second-order valence-corrected chi connectivity index (χ2v) is 8.18. The fourth-order valence-electron chi connectivity index (χ4n) is 4.33. The summed E-state index contributed by atoms with van der Waals surface area (Å²) in [4.78, 5) is 29.4. The topological polar surface area (TPSA) is 70.1 Å². The van der Waals surface area contributed by atoms with Gasteiger partial charge in [-0.2, -0.15) is 0 Å². The molecule has 1 fully saturated rings. The molecule has 0 bridgehead atoms. The van der Waals surface area contributed by atoms with Crippen molar-refractivity contribution >= 4 is 18.7 Å². The van der Waals surface area contributed by atoms with Gasteiger partial charge >= 0.3 is 7.12 Å². The first-order chi connectivity index (χ1) is 12.7. The average molecular weight is 372 g/mol. The lowest BCUT2D eigenvalue weighted by molar-refractivity contribution is -0.132. The van der Waals surface area contributed by atoms with Crippen LogP contribution in [0, 0.1) is 0 Å². The van der Waals surface area contributed by atoms with Gasteiger partial charge in [-0.05, 0) is 59.0 Å². The molecule has 27 heavy (non-hydrogen) atoms. The van der Waals surface area contributed by atoms with E-state index in [1.807, 2.05) is 31.1 Å². The van der Waals surface area contributed by atoms with Crippen molar-refractivity contribution < 1.29 is 19.3 Å². The number of carbonyl (C=O) groups excluding carboxylic acids is 2. The molecule has 1 N–H and O–H groups in total. The van der Waals surface area contributed by atoms with Gasteiger partial charge in [-0.15, -0.1) is 0 Å².